The standard InChI is InChI=1S/C25H16Cl2N2O4/c26-17-5-3-15(4-6-17)22-21(23(30)20-11-16-10-18(27)7-8-19(16)33-20)24(31)25(32)29(22)13-14-2-1-9-28-12-14/h1-12,22,31H,13H2. The molecule has 4 aromatic rings. The van der Waals surface area contributed by atoms with Gasteiger partial charge in [-0.05, 0) is 53.6 Å². The second kappa shape index (κ2) is 8.39. The van der Waals surface area contributed by atoms with Crippen LogP contribution in [0.25, 0.3) is 11.0 Å². The fourth-order valence-electron chi connectivity index (χ4n) is 3.99. The van der Waals surface area contributed by atoms with E-state index in [1.807, 2.05) is 6.07 Å². The molecule has 33 heavy (non-hydrogen) atoms. The van der Waals surface area contributed by atoms with Gasteiger partial charge in [-0.25, -0.2) is 0 Å². The summed E-state index contributed by atoms with van der Waals surface area (Å²) in [5.41, 5.74) is 1.80. The smallest absolute Gasteiger partial charge is 0.290 e. The molecule has 1 N–H and O–H groups in total. The Hall–Kier alpha value is -3.61. The number of fused-ring (bicyclic) bond motifs is 1. The van der Waals surface area contributed by atoms with E-state index in [1.54, 1.807) is 67.0 Å². The highest BCUT2D eigenvalue weighted by Gasteiger charge is 2.44. The van der Waals surface area contributed by atoms with Crippen LogP contribution in [0.3, 0.4) is 0 Å². The number of halogens is 2. The van der Waals surface area contributed by atoms with Crippen LogP contribution in [0.5, 0.6) is 0 Å². The Morgan fingerprint density at radius 2 is 1.82 bits per heavy atom. The molecule has 1 aliphatic rings. The summed E-state index contributed by atoms with van der Waals surface area (Å²) in [6, 6.07) is 16.1. The molecule has 0 aliphatic carbocycles. The highest BCUT2D eigenvalue weighted by molar-refractivity contribution is 6.31. The van der Waals surface area contributed by atoms with Gasteiger partial charge in [0.2, 0.25) is 5.78 Å². The number of benzene rings is 2. The van der Waals surface area contributed by atoms with Gasteiger partial charge < -0.3 is 14.4 Å². The van der Waals surface area contributed by atoms with Crippen molar-refractivity contribution in [2.45, 2.75) is 12.6 Å². The molecule has 6 nitrogen and oxygen atoms in total. The van der Waals surface area contributed by atoms with E-state index in [9.17, 15) is 14.7 Å². The molecule has 1 amide bonds. The zero-order valence-corrected chi connectivity index (χ0v) is 18.5. The van der Waals surface area contributed by atoms with E-state index >= 15 is 0 Å². The number of aliphatic hydroxyl groups excluding tert-OH is 1. The Morgan fingerprint density at radius 1 is 1.06 bits per heavy atom. The van der Waals surface area contributed by atoms with Crippen molar-refractivity contribution in [3.8, 4) is 0 Å². The number of pyridine rings is 1. The molecule has 164 valence electrons. The van der Waals surface area contributed by atoms with Crippen molar-refractivity contribution in [1.29, 1.82) is 0 Å². The molecule has 3 heterocycles. The quantitative estimate of drug-likeness (QED) is 0.360. The predicted molar refractivity (Wildman–Crippen MR) is 124 cm³/mol. The summed E-state index contributed by atoms with van der Waals surface area (Å²) in [5, 5.41) is 12.5. The molecule has 2 aromatic heterocycles. The number of carbonyl (C=O) groups excluding carboxylic acids is 2. The van der Waals surface area contributed by atoms with Gasteiger partial charge in [0.15, 0.2) is 11.5 Å². The summed E-state index contributed by atoms with van der Waals surface area (Å²) in [6.07, 6.45) is 3.26. The van der Waals surface area contributed by atoms with Gasteiger partial charge in [-0.15, -0.1) is 0 Å². The first-order valence-corrected chi connectivity index (χ1v) is 10.8. The lowest BCUT2D eigenvalue weighted by Crippen LogP contribution is -2.30. The predicted octanol–water partition coefficient (Wildman–Crippen LogP) is 5.91. The number of aliphatic hydroxyl groups is 1. The number of Topliss-reactive ketones (excluding diaryl/α,β-unsaturated/α-hetero) is 1. The summed E-state index contributed by atoms with van der Waals surface area (Å²) < 4.78 is 5.72. The number of carbonyl (C=O) groups is 2. The van der Waals surface area contributed by atoms with Crippen molar-refractivity contribution in [2.75, 3.05) is 0 Å². The molecule has 0 saturated carbocycles. The lowest BCUT2D eigenvalue weighted by atomic mass is 9.95. The number of furan rings is 1. The summed E-state index contributed by atoms with van der Waals surface area (Å²) in [5.74, 6) is -1.84. The Labute approximate surface area is 198 Å². The normalized spacial score (nSPS) is 16.1. The number of rotatable bonds is 5. The van der Waals surface area contributed by atoms with E-state index in [0.717, 1.165) is 5.56 Å². The van der Waals surface area contributed by atoms with Gasteiger partial charge in [0.05, 0.1) is 11.6 Å². The van der Waals surface area contributed by atoms with Crippen LogP contribution in [-0.4, -0.2) is 26.7 Å². The van der Waals surface area contributed by atoms with Gasteiger partial charge in [-0.2, -0.15) is 0 Å². The highest BCUT2D eigenvalue weighted by Crippen LogP contribution is 2.40. The van der Waals surface area contributed by atoms with Crippen molar-refractivity contribution in [3.63, 3.8) is 0 Å². The number of hydrogen-bond acceptors (Lipinski definition) is 5. The average molecular weight is 479 g/mol. The Morgan fingerprint density at radius 3 is 2.55 bits per heavy atom. The zero-order valence-electron chi connectivity index (χ0n) is 17.0. The van der Waals surface area contributed by atoms with Gasteiger partial charge >= 0.3 is 0 Å². The van der Waals surface area contributed by atoms with Crippen molar-refractivity contribution in [1.82, 2.24) is 9.88 Å². The van der Waals surface area contributed by atoms with Gasteiger partial charge in [0.1, 0.15) is 5.58 Å². The van der Waals surface area contributed by atoms with Crippen LogP contribution in [0.2, 0.25) is 10.0 Å². The van der Waals surface area contributed by atoms with E-state index in [-0.39, 0.29) is 17.9 Å². The van der Waals surface area contributed by atoms with Crippen molar-refractivity contribution >= 4 is 45.9 Å². The van der Waals surface area contributed by atoms with Gasteiger partial charge in [-0.3, -0.25) is 14.6 Å². The number of nitrogens with zero attached hydrogens (tertiary/aromatic N) is 2. The summed E-state index contributed by atoms with van der Waals surface area (Å²) >= 11 is 12.1. The minimum absolute atomic E-state index is 0.00353. The second-order valence-electron chi connectivity index (χ2n) is 7.63. The zero-order chi connectivity index (χ0) is 23.1. The lowest BCUT2D eigenvalue weighted by molar-refractivity contribution is -0.130. The molecule has 8 heteroatoms. The van der Waals surface area contributed by atoms with E-state index in [0.29, 0.717) is 26.6 Å². The van der Waals surface area contributed by atoms with Crippen LogP contribution in [0.1, 0.15) is 27.7 Å². The van der Waals surface area contributed by atoms with Crippen LogP contribution in [0.4, 0.5) is 0 Å². The van der Waals surface area contributed by atoms with E-state index < -0.39 is 23.5 Å². The molecule has 1 atom stereocenters. The highest BCUT2D eigenvalue weighted by atomic mass is 35.5. The largest absolute Gasteiger partial charge is 0.503 e. The van der Waals surface area contributed by atoms with Gasteiger partial charge in [-0.1, -0.05) is 41.4 Å². The number of ketones is 1. The minimum Gasteiger partial charge on any atom is -0.503 e. The van der Waals surface area contributed by atoms with Crippen LogP contribution >= 0.6 is 23.2 Å². The van der Waals surface area contributed by atoms with Gasteiger partial charge in [0.25, 0.3) is 5.91 Å². The van der Waals surface area contributed by atoms with Gasteiger partial charge in [0, 0.05) is 34.4 Å². The molecule has 1 aliphatic heterocycles. The summed E-state index contributed by atoms with van der Waals surface area (Å²) in [6.45, 7) is 0.149. The number of amides is 1. The van der Waals surface area contributed by atoms with Crippen LogP contribution in [-0.2, 0) is 11.3 Å². The van der Waals surface area contributed by atoms with Crippen molar-refractivity contribution in [3.05, 3.63) is 111 Å². The molecule has 5 rings (SSSR count). The summed E-state index contributed by atoms with van der Waals surface area (Å²) in [7, 11) is 0. The van der Waals surface area contributed by atoms with Crippen molar-refractivity contribution < 1.29 is 19.1 Å². The third-order valence-corrected chi connectivity index (χ3v) is 6.00. The van der Waals surface area contributed by atoms with E-state index in [1.165, 1.54) is 4.90 Å². The van der Waals surface area contributed by atoms with Crippen LogP contribution in [0.15, 0.2) is 88.8 Å². The third-order valence-electron chi connectivity index (χ3n) is 5.51. The maximum absolute atomic E-state index is 13.5. The molecule has 0 spiro atoms. The first-order valence-electron chi connectivity index (χ1n) is 10.0. The molecule has 0 bridgehead atoms. The van der Waals surface area contributed by atoms with Crippen molar-refractivity contribution in [2.24, 2.45) is 0 Å². The second-order valence-corrected chi connectivity index (χ2v) is 8.51. The monoisotopic (exact) mass is 478 g/mol. The van der Waals surface area contributed by atoms with E-state index in [2.05, 4.69) is 4.98 Å². The maximum atomic E-state index is 13.5. The van der Waals surface area contributed by atoms with Crippen LogP contribution < -0.4 is 0 Å². The molecular weight excluding hydrogens is 463 g/mol. The average Bonchev–Trinajstić information content (AvgIpc) is 3.34. The van der Waals surface area contributed by atoms with Crippen LogP contribution in [0, 0.1) is 0 Å². The first kappa shape index (κ1) is 21.2. The fourth-order valence-corrected chi connectivity index (χ4v) is 4.29. The molecule has 1 unspecified atom stereocenters. The third kappa shape index (κ3) is 3.88. The Balaban J connectivity index is 1.60. The molecule has 0 radical (unpaired) electrons. The summed E-state index contributed by atoms with van der Waals surface area (Å²) in [4.78, 5) is 32.2. The Kier molecular flexibility index (Phi) is 5.40. The molecule has 0 fully saturated rings. The minimum atomic E-state index is -0.834. The number of aromatic nitrogens is 1. The molecule has 2 aromatic carbocycles. The maximum Gasteiger partial charge on any atom is 0.290 e. The first-order chi connectivity index (χ1) is 15.9. The topological polar surface area (TPSA) is 83.6 Å². The number of hydrogen-bond donors (Lipinski definition) is 1. The Bertz CT molecular complexity index is 1410. The lowest BCUT2D eigenvalue weighted by Gasteiger charge is -2.26. The SMILES string of the molecule is O=C(C1=C(O)C(=O)N(Cc2cccnc2)C1c1ccc(Cl)cc1)c1cc2cc(Cl)ccc2o1. The fraction of sp³-hybridized carbons (Fsp3) is 0.0800. The molecule has 0 saturated heterocycles. The van der Waals surface area contributed by atoms with E-state index in [4.69, 9.17) is 27.6 Å². The molecular formula is C25H16Cl2N2O4.